The van der Waals surface area contributed by atoms with Gasteiger partial charge >= 0.3 is 6.61 Å². The highest BCUT2D eigenvalue weighted by Crippen LogP contribution is 2.39. The lowest BCUT2D eigenvalue weighted by Crippen LogP contribution is -2.55. The van der Waals surface area contributed by atoms with E-state index in [2.05, 4.69) is 23.5 Å². The fourth-order valence-corrected chi connectivity index (χ4v) is 3.35. The smallest absolute Gasteiger partial charge is 0.387 e. The molecule has 0 aliphatic carbocycles. The second kappa shape index (κ2) is 6.87. The van der Waals surface area contributed by atoms with Gasteiger partial charge in [-0.3, -0.25) is 9.69 Å². The number of carbonyl (C=O) groups excluding carboxylic acids is 1. The Hall–Kier alpha value is -2.15. The molecule has 2 aliphatic rings. The van der Waals surface area contributed by atoms with Crippen molar-refractivity contribution < 1.29 is 23.0 Å². The molecule has 1 amide bonds. The predicted octanol–water partition coefficient (Wildman–Crippen LogP) is 3.35. The van der Waals surface area contributed by atoms with Gasteiger partial charge < -0.3 is 14.4 Å². The molecule has 2 aliphatic heterocycles. The van der Waals surface area contributed by atoms with Crippen LogP contribution in [0.1, 0.15) is 33.3 Å². The Labute approximate surface area is 152 Å². The van der Waals surface area contributed by atoms with Gasteiger partial charge in [-0.25, -0.2) is 0 Å². The fourth-order valence-electron chi connectivity index (χ4n) is 3.35. The Morgan fingerprint density at radius 1 is 1.23 bits per heavy atom. The monoisotopic (exact) mass is 366 g/mol. The Kier molecular flexibility index (Phi) is 4.92. The van der Waals surface area contributed by atoms with E-state index in [1.165, 1.54) is 12.1 Å². The molecule has 3 rings (SSSR count). The molecule has 26 heavy (non-hydrogen) atoms. The van der Waals surface area contributed by atoms with Gasteiger partial charge in [-0.05, 0) is 52.0 Å². The van der Waals surface area contributed by atoms with E-state index in [0.29, 0.717) is 30.4 Å². The van der Waals surface area contributed by atoms with Crippen molar-refractivity contribution in [2.75, 3.05) is 19.6 Å². The number of ether oxygens (including phenoxy) is 2. The minimum absolute atomic E-state index is 0.0105. The Morgan fingerprint density at radius 2 is 1.96 bits per heavy atom. The van der Waals surface area contributed by atoms with Gasteiger partial charge in [-0.2, -0.15) is 8.78 Å². The van der Waals surface area contributed by atoms with Crippen LogP contribution in [0.15, 0.2) is 23.9 Å². The van der Waals surface area contributed by atoms with Crippen LogP contribution < -0.4 is 9.47 Å². The molecule has 0 unspecified atom stereocenters. The van der Waals surface area contributed by atoms with Crippen LogP contribution in [0.25, 0.3) is 6.08 Å². The predicted molar refractivity (Wildman–Crippen MR) is 94.2 cm³/mol. The quantitative estimate of drug-likeness (QED) is 0.820. The average Bonchev–Trinajstić information content (AvgIpc) is 2.53. The van der Waals surface area contributed by atoms with Gasteiger partial charge in [-0.1, -0.05) is 0 Å². The second-order valence-electron chi connectivity index (χ2n) is 7.33. The molecule has 0 aromatic heterocycles. The highest BCUT2D eigenvalue weighted by Gasteiger charge is 2.38. The second-order valence-corrected chi connectivity index (χ2v) is 7.33. The number of rotatable bonds is 4. The molecule has 1 fully saturated rings. The number of hydrogen-bond acceptors (Lipinski definition) is 4. The summed E-state index contributed by atoms with van der Waals surface area (Å²) in [6.45, 7) is 6.74. The van der Waals surface area contributed by atoms with Crippen molar-refractivity contribution in [3.8, 4) is 11.5 Å². The molecule has 1 saturated heterocycles. The standard InChI is InChI=1S/C19H24F2N2O3/c1-12(2)22-7-8-23(17(24)11-22)16-10-13-9-14(25-18(20)21)5-6-15(13)26-19(16,3)4/h5-6,9-10,12,18H,7-8,11H2,1-4H3. The molecule has 5 nitrogen and oxygen atoms in total. The molecule has 2 heterocycles. The topological polar surface area (TPSA) is 42.0 Å². The first kappa shape index (κ1) is 18.6. The van der Waals surface area contributed by atoms with E-state index in [4.69, 9.17) is 4.74 Å². The Morgan fingerprint density at radius 3 is 2.58 bits per heavy atom. The SMILES string of the molecule is CC(C)N1CCN(C2=Cc3cc(OC(F)F)ccc3OC2(C)C)C(=O)C1. The van der Waals surface area contributed by atoms with Crippen molar-refractivity contribution in [1.82, 2.24) is 9.80 Å². The molecule has 0 N–H and O–H groups in total. The first-order valence-corrected chi connectivity index (χ1v) is 8.72. The van der Waals surface area contributed by atoms with E-state index in [1.807, 2.05) is 19.9 Å². The normalized spacial score (nSPS) is 20.1. The molecule has 0 spiro atoms. The van der Waals surface area contributed by atoms with Crippen LogP contribution in [-0.4, -0.2) is 53.6 Å². The van der Waals surface area contributed by atoms with E-state index in [9.17, 15) is 13.6 Å². The average molecular weight is 366 g/mol. The van der Waals surface area contributed by atoms with Gasteiger partial charge in [0.05, 0.1) is 12.2 Å². The molecular formula is C19H24F2N2O3. The van der Waals surface area contributed by atoms with Crippen LogP contribution in [0, 0.1) is 0 Å². The molecule has 7 heteroatoms. The van der Waals surface area contributed by atoms with Crippen LogP contribution in [0.5, 0.6) is 11.5 Å². The van der Waals surface area contributed by atoms with Crippen molar-refractivity contribution in [3.63, 3.8) is 0 Å². The maximum atomic E-state index is 12.7. The number of nitrogens with zero attached hydrogens (tertiary/aromatic N) is 2. The third kappa shape index (κ3) is 3.67. The minimum atomic E-state index is -2.89. The molecule has 142 valence electrons. The summed E-state index contributed by atoms with van der Waals surface area (Å²) in [4.78, 5) is 16.5. The summed E-state index contributed by atoms with van der Waals surface area (Å²) in [5.41, 5.74) is 0.650. The van der Waals surface area contributed by atoms with Crippen LogP contribution in [0.4, 0.5) is 8.78 Å². The van der Waals surface area contributed by atoms with Crippen LogP contribution in [0.2, 0.25) is 0 Å². The van der Waals surface area contributed by atoms with Crippen molar-refractivity contribution >= 4 is 12.0 Å². The van der Waals surface area contributed by atoms with E-state index in [1.54, 1.807) is 11.0 Å². The summed E-state index contributed by atoms with van der Waals surface area (Å²) in [6, 6.07) is 4.87. The maximum Gasteiger partial charge on any atom is 0.387 e. The van der Waals surface area contributed by atoms with Gasteiger partial charge in [0.1, 0.15) is 17.1 Å². The largest absolute Gasteiger partial charge is 0.481 e. The van der Waals surface area contributed by atoms with E-state index >= 15 is 0 Å². The van der Waals surface area contributed by atoms with Crippen molar-refractivity contribution in [2.24, 2.45) is 0 Å². The van der Waals surface area contributed by atoms with Gasteiger partial charge in [-0.15, -0.1) is 0 Å². The lowest BCUT2D eigenvalue weighted by molar-refractivity contribution is -0.136. The lowest BCUT2D eigenvalue weighted by atomic mass is 9.95. The third-order valence-electron chi connectivity index (χ3n) is 4.75. The Bertz CT molecular complexity index is 731. The summed E-state index contributed by atoms with van der Waals surface area (Å²) >= 11 is 0. The number of piperazine rings is 1. The number of fused-ring (bicyclic) bond motifs is 1. The van der Waals surface area contributed by atoms with Gasteiger partial charge in [0.25, 0.3) is 0 Å². The van der Waals surface area contributed by atoms with Crippen LogP contribution >= 0.6 is 0 Å². The highest BCUT2D eigenvalue weighted by molar-refractivity contribution is 5.83. The summed E-state index contributed by atoms with van der Waals surface area (Å²) in [5, 5.41) is 0. The maximum absolute atomic E-state index is 12.7. The summed E-state index contributed by atoms with van der Waals surface area (Å²) < 4.78 is 35.5. The molecule has 0 radical (unpaired) electrons. The van der Waals surface area contributed by atoms with Gasteiger partial charge in [0.2, 0.25) is 5.91 Å². The molecule has 0 saturated carbocycles. The summed E-state index contributed by atoms with van der Waals surface area (Å²) in [6.07, 6.45) is 1.83. The summed E-state index contributed by atoms with van der Waals surface area (Å²) in [5.74, 6) is 0.651. The van der Waals surface area contributed by atoms with Crippen LogP contribution in [-0.2, 0) is 4.79 Å². The lowest BCUT2D eigenvalue weighted by Gasteiger charge is -2.43. The number of amides is 1. The zero-order valence-electron chi connectivity index (χ0n) is 15.5. The summed E-state index contributed by atoms with van der Waals surface area (Å²) in [7, 11) is 0. The van der Waals surface area contributed by atoms with Gasteiger partial charge in [0, 0.05) is 24.7 Å². The number of benzene rings is 1. The van der Waals surface area contributed by atoms with Crippen molar-refractivity contribution in [3.05, 3.63) is 29.5 Å². The number of alkyl halides is 2. The van der Waals surface area contributed by atoms with Crippen molar-refractivity contribution in [1.29, 1.82) is 0 Å². The highest BCUT2D eigenvalue weighted by atomic mass is 19.3. The minimum Gasteiger partial charge on any atom is -0.481 e. The molecule has 1 aromatic rings. The molecule has 0 bridgehead atoms. The van der Waals surface area contributed by atoms with E-state index in [0.717, 1.165) is 12.2 Å². The zero-order chi connectivity index (χ0) is 19.1. The molecular weight excluding hydrogens is 342 g/mol. The first-order valence-electron chi connectivity index (χ1n) is 8.72. The molecule has 1 aromatic carbocycles. The number of halogens is 2. The van der Waals surface area contributed by atoms with Crippen molar-refractivity contribution in [2.45, 2.75) is 45.9 Å². The third-order valence-corrected chi connectivity index (χ3v) is 4.75. The zero-order valence-corrected chi connectivity index (χ0v) is 15.5. The Balaban J connectivity index is 1.91. The molecule has 0 atom stereocenters. The fraction of sp³-hybridized carbons (Fsp3) is 0.526. The number of hydrogen-bond donors (Lipinski definition) is 0. The van der Waals surface area contributed by atoms with E-state index < -0.39 is 12.2 Å². The number of carbonyl (C=O) groups is 1. The van der Waals surface area contributed by atoms with Gasteiger partial charge in [0.15, 0.2) is 0 Å². The van der Waals surface area contributed by atoms with E-state index in [-0.39, 0.29) is 11.7 Å². The first-order chi connectivity index (χ1) is 12.2. The van der Waals surface area contributed by atoms with Crippen LogP contribution in [0.3, 0.4) is 0 Å².